The molecule has 5 nitrogen and oxygen atoms in total. The molecule has 0 bridgehead atoms. The molecule has 0 saturated carbocycles. The maximum atomic E-state index is 12.5. The van der Waals surface area contributed by atoms with Crippen LogP contribution in [0, 0.1) is 5.41 Å². The molecule has 0 radical (unpaired) electrons. The predicted molar refractivity (Wildman–Crippen MR) is 124 cm³/mol. The summed E-state index contributed by atoms with van der Waals surface area (Å²) in [6.07, 6.45) is 1.81. The standard InChI is InChI=1S/C25H23N3O2.ClH/c1-27-23(26)20-14-12-18(13-15-20)7-6-17-8-10-19(11-9-17)16-28-24(29)21-4-2-3-5-22(21)25(28)30;/h2-5,8-15H,6-7,16H2,1H3,(H2,26,27);1H. The summed E-state index contributed by atoms with van der Waals surface area (Å²) in [4.78, 5) is 26.3. The number of nitrogens with one attached hydrogen (secondary N) is 2. The van der Waals surface area contributed by atoms with Gasteiger partial charge < -0.3 is 5.32 Å². The third kappa shape index (κ3) is 4.67. The normalized spacial score (nSPS) is 12.4. The number of carbonyl (C=O) groups excluding carboxylic acids is 2. The highest BCUT2D eigenvalue weighted by Crippen LogP contribution is 2.24. The van der Waals surface area contributed by atoms with E-state index in [-0.39, 0.29) is 30.8 Å². The van der Waals surface area contributed by atoms with Crippen molar-refractivity contribution in [2.75, 3.05) is 7.05 Å². The monoisotopic (exact) mass is 433 g/mol. The largest absolute Gasteiger partial charge is 0.373 e. The molecule has 0 saturated heterocycles. The number of fused-ring (bicyclic) bond motifs is 1. The molecule has 1 aliphatic heterocycles. The second kappa shape index (κ2) is 9.58. The number of hydrogen-bond acceptors (Lipinski definition) is 3. The Kier molecular flexibility index (Phi) is 6.88. The third-order valence-corrected chi connectivity index (χ3v) is 5.44. The molecule has 1 heterocycles. The number of imide groups is 1. The van der Waals surface area contributed by atoms with Crippen LogP contribution in [0.3, 0.4) is 0 Å². The summed E-state index contributed by atoms with van der Waals surface area (Å²) < 4.78 is 0. The summed E-state index contributed by atoms with van der Waals surface area (Å²) in [5, 5.41) is 10.6. The maximum absolute atomic E-state index is 12.5. The van der Waals surface area contributed by atoms with E-state index in [1.165, 1.54) is 16.0 Å². The van der Waals surface area contributed by atoms with Crippen LogP contribution in [0.2, 0.25) is 0 Å². The topological polar surface area (TPSA) is 73.3 Å². The predicted octanol–water partition coefficient (Wildman–Crippen LogP) is 4.23. The SMILES string of the molecule is CNC(=N)c1ccc(CCc2ccc(CN3C(=O)c4ccccc4C3=O)cc2)cc1.Cl. The van der Waals surface area contributed by atoms with Gasteiger partial charge in [-0.1, -0.05) is 60.7 Å². The Labute approximate surface area is 188 Å². The van der Waals surface area contributed by atoms with Crippen molar-refractivity contribution in [1.82, 2.24) is 10.2 Å². The van der Waals surface area contributed by atoms with Crippen molar-refractivity contribution < 1.29 is 9.59 Å². The van der Waals surface area contributed by atoms with Crippen molar-refractivity contribution >= 4 is 30.1 Å². The first-order chi connectivity index (χ1) is 14.6. The van der Waals surface area contributed by atoms with Gasteiger partial charge in [0.2, 0.25) is 0 Å². The first-order valence-corrected chi connectivity index (χ1v) is 9.95. The molecular weight excluding hydrogens is 410 g/mol. The van der Waals surface area contributed by atoms with E-state index in [1.807, 2.05) is 24.3 Å². The zero-order valence-electron chi connectivity index (χ0n) is 17.2. The van der Waals surface area contributed by atoms with E-state index >= 15 is 0 Å². The number of aryl methyl sites for hydroxylation is 2. The zero-order chi connectivity index (χ0) is 21.1. The molecule has 0 spiro atoms. The molecule has 2 amide bonds. The highest BCUT2D eigenvalue weighted by atomic mass is 35.5. The number of rotatable bonds is 6. The van der Waals surface area contributed by atoms with E-state index in [9.17, 15) is 9.59 Å². The molecule has 3 aromatic rings. The van der Waals surface area contributed by atoms with E-state index in [0.717, 1.165) is 24.0 Å². The molecule has 158 valence electrons. The number of carbonyl (C=O) groups is 2. The fourth-order valence-corrected chi connectivity index (χ4v) is 3.65. The fourth-order valence-electron chi connectivity index (χ4n) is 3.65. The van der Waals surface area contributed by atoms with Crippen LogP contribution in [0.5, 0.6) is 0 Å². The Morgan fingerprint density at radius 2 is 1.23 bits per heavy atom. The van der Waals surface area contributed by atoms with Gasteiger partial charge in [-0.25, -0.2) is 0 Å². The first-order valence-electron chi connectivity index (χ1n) is 9.95. The molecule has 0 fully saturated rings. The summed E-state index contributed by atoms with van der Waals surface area (Å²) in [5.74, 6) is -0.0424. The Bertz CT molecular complexity index is 1070. The minimum absolute atomic E-state index is 0. The number of benzene rings is 3. The molecule has 31 heavy (non-hydrogen) atoms. The van der Waals surface area contributed by atoms with Gasteiger partial charge in [0.25, 0.3) is 11.8 Å². The van der Waals surface area contributed by atoms with Gasteiger partial charge in [0.15, 0.2) is 0 Å². The molecule has 6 heteroatoms. The lowest BCUT2D eigenvalue weighted by Gasteiger charge is -2.14. The van der Waals surface area contributed by atoms with Crippen molar-refractivity contribution in [3.8, 4) is 0 Å². The number of halogens is 1. The summed E-state index contributed by atoms with van der Waals surface area (Å²) in [7, 11) is 1.74. The highest BCUT2D eigenvalue weighted by molar-refractivity contribution is 6.21. The summed E-state index contributed by atoms with van der Waals surface area (Å²) in [6, 6.07) is 23.1. The van der Waals surface area contributed by atoms with Crippen LogP contribution in [0.15, 0.2) is 72.8 Å². The van der Waals surface area contributed by atoms with Gasteiger partial charge in [-0.2, -0.15) is 0 Å². The molecule has 0 aliphatic carbocycles. The lowest BCUT2D eigenvalue weighted by atomic mass is 10.0. The molecule has 0 atom stereocenters. The molecular formula is C25H24ClN3O2. The number of hydrogen-bond donors (Lipinski definition) is 2. The van der Waals surface area contributed by atoms with Crippen LogP contribution in [-0.2, 0) is 19.4 Å². The molecule has 4 rings (SSSR count). The smallest absolute Gasteiger partial charge is 0.261 e. The van der Waals surface area contributed by atoms with Gasteiger partial charge in [-0.15, -0.1) is 12.4 Å². The van der Waals surface area contributed by atoms with Crippen LogP contribution >= 0.6 is 12.4 Å². The minimum Gasteiger partial charge on any atom is -0.373 e. The third-order valence-electron chi connectivity index (χ3n) is 5.44. The Morgan fingerprint density at radius 3 is 1.71 bits per heavy atom. The van der Waals surface area contributed by atoms with E-state index in [0.29, 0.717) is 17.0 Å². The average molecular weight is 434 g/mol. The van der Waals surface area contributed by atoms with Crippen LogP contribution < -0.4 is 5.32 Å². The van der Waals surface area contributed by atoms with Gasteiger partial charge in [0.1, 0.15) is 5.84 Å². The van der Waals surface area contributed by atoms with Gasteiger partial charge in [-0.05, 0) is 41.7 Å². The number of amides is 2. The van der Waals surface area contributed by atoms with Crippen molar-refractivity contribution in [2.45, 2.75) is 19.4 Å². The van der Waals surface area contributed by atoms with E-state index in [4.69, 9.17) is 5.41 Å². The molecule has 0 unspecified atom stereocenters. The van der Waals surface area contributed by atoms with Gasteiger partial charge >= 0.3 is 0 Å². The molecule has 0 aromatic heterocycles. The van der Waals surface area contributed by atoms with Crippen LogP contribution in [0.4, 0.5) is 0 Å². The average Bonchev–Trinajstić information content (AvgIpc) is 3.03. The molecule has 2 N–H and O–H groups in total. The second-order valence-electron chi connectivity index (χ2n) is 7.38. The Hall–Kier alpha value is -3.44. The quantitative estimate of drug-likeness (QED) is 0.347. The summed E-state index contributed by atoms with van der Waals surface area (Å²) in [5.41, 5.74) is 5.19. The first kappa shape index (κ1) is 22.2. The lowest BCUT2D eigenvalue weighted by molar-refractivity contribution is 0.0642. The van der Waals surface area contributed by atoms with E-state index in [1.54, 1.807) is 31.3 Å². The van der Waals surface area contributed by atoms with Crippen LogP contribution in [0.1, 0.15) is 43.0 Å². The van der Waals surface area contributed by atoms with E-state index < -0.39 is 0 Å². The van der Waals surface area contributed by atoms with Crippen molar-refractivity contribution in [3.05, 3.63) is 106 Å². The molecule has 1 aliphatic rings. The minimum atomic E-state index is -0.227. The Balaban J connectivity index is 0.00000272. The summed E-state index contributed by atoms with van der Waals surface area (Å²) >= 11 is 0. The zero-order valence-corrected chi connectivity index (χ0v) is 18.0. The maximum Gasteiger partial charge on any atom is 0.261 e. The fraction of sp³-hybridized carbons (Fsp3) is 0.160. The van der Waals surface area contributed by atoms with Gasteiger partial charge in [0.05, 0.1) is 17.7 Å². The summed E-state index contributed by atoms with van der Waals surface area (Å²) in [6.45, 7) is 0.283. The van der Waals surface area contributed by atoms with Crippen molar-refractivity contribution in [1.29, 1.82) is 5.41 Å². The van der Waals surface area contributed by atoms with Gasteiger partial charge in [0, 0.05) is 12.6 Å². The number of amidine groups is 1. The van der Waals surface area contributed by atoms with Crippen molar-refractivity contribution in [3.63, 3.8) is 0 Å². The van der Waals surface area contributed by atoms with Crippen LogP contribution in [0.25, 0.3) is 0 Å². The highest BCUT2D eigenvalue weighted by Gasteiger charge is 2.34. The van der Waals surface area contributed by atoms with Gasteiger partial charge in [-0.3, -0.25) is 19.9 Å². The number of nitrogens with zero attached hydrogens (tertiary/aromatic N) is 1. The van der Waals surface area contributed by atoms with E-state index in [2.05, 4.69) is 29.6 Å². The Morgan fingerprint density at radius 1 is 0.774 bits per heavy atom. The van der Waals surface area contributed by atoms with Crippen molar-refractivity contribution in [2.24, 2.45) is 0 Å². The second-order valence-corrected chi connectivity index (χ2v) is 7.38. The lowest BCUT2D eigenvalue weighted by Crippen LogP contribution is -2.29. The van der Waals surface area contributed by atoms with Crippen LogP contribution in [-0.4, -0.2) is 29.6 Å². The molecule has 3 aromatic carbocycles.